The molecule has 0 saturated heterocycles. The highest BCUT2D eigenvalue weighted by atomic mass is 79.9. The standard InChI is InChI=1S/C18H19BrN2O2/c1-2-3-4-5-9-21-17(22)12-8-6-7-11-15(12)13(18(21)23)10-14(19)16(11)20/h6-8,10H,2-5,9,20H2,1H3. The van der Waals surface area contributed by atoms with Crippen LogP contribution < -0.4 is 5.73 Å². The summed E-state index contributed by atoms with van der Waals surface area (Å²) < 4.78 is 0.686. The molecule has 1 aliphatic heterocycles. The monoisotopic (exact) mass is 374 g/mol. The number of nitrogens with zero attached hydrogens (tertiary/aromatic N) is 1. The van der Waals surface area contributed by atoms with Crippen LogP contribution in [0, 0.1) is 0 Å². The second kappa shape index (κ2) is 6.32. The second-order valence-electron chi connectivity index (χ2n) is 5.87. The molecule has 0 radical (unpaired) electrons. The molecule has 0 spiro atoms. The zero-order valence-electron chi connectivity index (χ0n) is 13.1. The molecule has 2 aromatic carbocycles. The number of imide groups is 1. The Bertz CT molecular complexity index is 801. The number of carbonyl (C=O) groups excluding carboxylic acids is 2. The molecule has 1 heterocycles. The summed E-state index contributed by atoms with van der Waals surface area (Å²) in [4.78, 5) is 26.9. The number of carbonyl (C=O) groups is 2. The van der Waals surface area contributed by atoms with Crippen LogP contribution in [0.25, 0.3) is 10.8 Å². The third-order valence-corrected chi connectivity index (χ3v) is 4.99. The molecule has 23 heavy (non-hydrogen) atoms. The van der Waals surface area contributed by atoms with E-state index >= 15 is 0 Å². The van der Waals surface area contributed by atoms with Gasteiger partial charge in [0.1, 0.15) is 0 Å². The summed E-state index contributed by atoms with van der Waals surface area (Å²) in [6.45, 7) is 2.60. The van der Waals surface area contributed by atoms with Gasteiger partial charge in [0, 0.05) is 32.9 Å². The Balaban J connectivity index is 2.05. The summed E-state index contributed by atoms with van der Waals surface area (Å²) in [5, 5.41) is 1.42. The summed E-state index contributed by atoms with van der Waals surface area (Å²) in [6.07, 6.45) is 4.10. The highest BCUT2D eigenvalue weighted by Gasteiger charge is 2.33. The van der Waals surface area contributed by atoms with Crippen LogP contribution in [-0.4, -0.2) is 23.3 Å². The average Bonchev–Trinajstić information content (AvgIpc) is 2.55. The SMILES string of the molecule is CCCCCCN1C(=O)c2cccc3c(N)c(Br)cc(c23)C1=O. The molecule has 5 heteroatoms. The highest BCUT2D eigenvalue weighted by Crippen LogP contribution is 2.37. The van der Waals surface area contributed by atoms with Crippen LogP contribution in [0.2, 0.25) is 0 Å². The molecule has 0 unspecified atom stereocenters. The van der Waals surface area contributed by atoms with Crippen molar-refractivity contribution in [1.29, 1.82) is 0 Å². The van der Waals surface area contributed by atoms with Gasteiger partial charge in [-0.25, -0.2) is 0 Å². The molecular weight excluding hydrogens is 356 g/mol. The van der Waals surface area contributed by atoms with Crippen molar-refractivity contribution in [2.75, 3.05) is 12.3 Å². The van der Waals surface area contributed by atoms with Gasteiger partial charge in [-0.1, -0.05) is 38.3 Å². The van der Waals surface area contributed by atoms with Crippen LogP contribution in [0.5, 0.6) is 0 Å². The number of unbranched alkanes of at least 4 members (excludes halogenated alkanes) is 3. The van der Waals surface area contributed by atoms with E-state index in [1.807, 2.05) is 12.1 Å². The van der Waals surface area contributed by atoms with Crippen LogP contribution in [0.15, 0.2) is 28.7 Å². The lowest BCUT2D eigenvalue weighted by Crippen LogP contribution is -2.41. The third-order valence-electron chi connectivity index (χ3n) is 4.34. The number of hydrogen-bond donors (Lipinski definition) is 1. The summed E-state index contributed by atoms with van der Waals surface area (Å²) >= 11 is 3.41. The molecule has 0 aromatic heterocycles. The molecular formula is C18H19BrN2O2. The topological polar surface area (TPSA) is 63.4 Å². The summed E-state index contributed by atoms with van der Waals surface area (Å²) in [5.74, 6) is -0.442. The van der Waals surface area contributed by atoms with Gasteiger partial charge in [-0.05, 0) is 34.5 Å². The van der Waals surface area contributed by atoms with Gasteiger partial charge in [0.25, 0.3) is 11.8 Å². The van der Waals surface area contributed by atoms with E-state index in [1.54, 1.807) is 12.1 Å². The van der Waals surface area contributed by atoms with E-state index in [1.165, 1.54) is 4.90 Å². The Kier molecular flexibility index (Phi) is 4.39. The molecule has 0 saturated carbocycles. The first-order valence-corrected chi connectivity index (χ1v) is 8.72. The Morgan fingerprint density at radius 2 is 1.83 bits per heavy atom. The predicted octanol–water partition coefficient (Wildman–Crippen LogP) is 4.36. The number of nitrogen functional groups attached to an aromatic ring is 1. The third kappa shape index (κ3) is 2.63. The molecule has 4 nitrogen and oxygen atoms in total. The number of halogens is 1. The molecule has 0 fully saturated rings. The number of benzene rings is 2. The molecule has 1 aliphatic rings. The van der Waals surface area contributed by atoms with E-state index in [-0.39, 0.29) is 11.8 Å². The summed E-state index contributed by atoms with van der Waals surface area (Å²) in [7, 11) is 0. The maximum atomic E-state index is 12.8. The van der Waals surface area contributed by atoms with Crippen molar-refractivity contribution >= 4 is 44.2 Å². The maximum Gasteiger partial charge on any atom is 0.261 e. The summed E-state index contributed by atoms with van der Waals surface area (Å²) in [5.41, 5.74) is 7.76. The zero-order valence-corrected chi connectivity index (χ0v) is 14.6. The fourth-order valence-electron chi connectivity index (χ4n) is 3.10. The van der Waals surface area contributed by atoms with Crippen molar-refractivity contribution in [2.45, 2.75) is 32.6 Å². The van der Waals surface area contributed by atoms with Gasteiger partial charge < -0.3 is 5.73 Å². The zero-order chi connectivity index (χ0) is 16.6. The lowest BCUT2D eigenvalue weighted by atomic mass is 9.93. The van der Waals surface area contributed by atoms with Crippen molar-refractivity contribution < 1.29 is 9.59 Å². The van der Waals surface area contributed by atoms with Gasteiger partial charge in [-0.2, -0.15) is 0 Å². The van der Waals surface area contributed by atoms with Crippen LogP contribution in [-0.2, 0) is 0 Å². The first-order valence-electron chi connectivity index (χ1n) is 7.93. The quantitative estimate of drug-likeness (QED) is 0.480. The van der Waals surface area contributed by atoms with Crippen LogP contribution >= 0.6 is 15.9 Å². The van der Waals surface area contributed by atoms with Crippen molar-refractivity contribution in [2.24, 2.45) is 0 Å². The molecule has 2 aromatic rings. The van der Waals surface area contributed by atoms with Gasteiger partial charge >= 0.3 is 0 Å². The number of anilines is 1. The number of rotatable bonds is 5. The lowest BCUT2D eigenvalue weighted by molar-refractivity contribution is 0.0608. The molecule has 2 N–H and O–H groups in total. The maximum absolute atomic E-state index is 12.8. The van der Waals surface area contributed by atoms with Crippen LogP contribution in [0.3, 0.4) is 0 Å². The first kappa shape index (κ1) is 16.0. The summed E-state index contributed by atoms with van der Waals surface area (Å²) in [6, 6.07) is 7.16. The van der Waals surface area contributed by atoms with Gasteiger partial charge in [0.2, 0.25) is 0 Å². The second-order valence-corrected chi connectivity index (χ2v) is 6.72. The fourth-order valence-corrected chi connectivity index (χ4v) is 3.54. The van der Waals surface area contributed by atoms with Crippen molar-refractivity contribution in [3.63, 3.8) is 0 Å². The van der Waals surface area contributed by atoms with Gasteiger partial charge in [-0.3, -0.25) is 14.5 Å². The molecule has 2 amide bonds. The Hall–Kier alpha value is -1.88. The van der Waals surface area contributed by atoms with Crippen molar-refractivity contribution in [3.05, 3.63) is 39.9 Å². The van der Waals surface area contributed by atoms with Gasteiger partial charge in [-0.15, -0.1) is 0 Å². The fraction of sp³-hybridized carbons (Fsp3) is 0.333. The molecule has 0 aliphatic carbocycles. The predicted molar refractivity (Wildman–Crippen MR) is 95.6 cm³/mol. The van der Waals surface area contributed by atoms with Crippen LogP contribution in [0.4, 0.5) is 5.69 Å². The van der Waals surface area contributed by atoms with E-state index in [0.717, 1.165) is 31.1 Å². The minimum atomic E-state index is -0.226. The van der Waals surface area contributed by atoms with E-state index in [0.29, 0.717) is 33.2 Å². The Labute approximate surface area is 143 Å². The number of amides is 2. The first-order chi connectivity index (χ1) is 11.1. The largest absolute Gasteiger partial charge is 0.397 e. The smallest absolute Gasteiger partial charge is 0.261 e. The molecule has 3 rings (SSSR count). The van der Waals surface area contributed by atoms with E-state index in [2.05, 4.69) is 22.9 Å². The van der Waals surface area contributed by atoms with Crippen molar-refractivity contribution in [1.82, 2.24) is 4.90 Å². The number of hydrogen-bond acceptors (Lipinski definition) is 3. The minimum absolute atomic E-state index is 0.216. The van der Waals surface area contributed by atoms with E-state index in [9.17, 15) is 9.59 Å². The van der Waals surface area contributed by atoms with E-state index < -0.39 is 0 Å². The van der Waals surface area contributed by atoms with Crippen LogP contribution in [0.1, 0.15) is 53.3 Å². The van der Waals surface area contributed by atoms with Gasteiger partial charge in [0.05, 0.1) is 5.69 Å². The molecule has 120 valence electrons. The normalized spacial score (nSPS) is 13.9. The van der Waals surface area contributed by atoms with Crippen molar-refractivity contribution in [3.8, 4) is 0 Å². The lowest BCUT2D eigenvalue weighted by Gasteiger charge is -2.28. The average molecular weight is 375 g/mol. The number of nitrogens with two attached hydrogens (primary N) is 1. The van der Waals surface area contributed by atoms with Gasteiger partial charge in [0.15, 0.2) is 0 Å². The minimum Gasteiger partial charge on any atom is -0.397 e. The molecule has 0 atom stereocenters. The Morgan fingerprint density at radius 3 is 2.57 bits per heavy atom. The molecule has 0 bridgehead atoms. The van der Waals surface area contributed by atoms with E-state index in [4.69, 9.17) is 5.73 Å². The highest BCUT2D eigenvalue weighted by molar-refractivity contribution is 9.10. The Morgan fingerprint density at radius 1 is 1.09 bits per heavy atom.